The summed E-state index contributed by atoms with van der Waals surface area (Å²) in [5, 5.41) is 5.89. The van der Waals surface area contributed by atoms with E-state index in [-0.39, 0.29) is 19.3 Å². The summed E-state index contributed by atoms with van der Waals surface area (Å²) in [5.41, 5.74) is 0.948. The Morgan fingerprint density at radius 1 is 1.33 bits per heavy atom. The molecule has 0 saturated heterocycles. The number of benzene rings is 1. The average Bonchev–Trinajstić information content (AvgIpc) is 2.91. The van der Waals surface area contributed by atoms with Crippen LogP contribution in [0.25, 0.3) is 0 Å². The van der Waals surface area contributed by atoms with Gasteiger partial charge in [-0.2, -0.15) is 0 Å². The third-order valence-corrected chi connectivity index (χ3v) is 3.06. The summed E-state index contributed by atoms with van der Waals surface area (Å²) in [6.45, 7) is 6.05. The Kier molecular flexibility index (Phi) is 5.27. The van der Waals surface area contributed by atoms with Gasteiger partial charge in [-0.05, 0) is 18.5 Å². The summed E-state index contributed by atoms with van der Waals surface area (Å²) >= 11 is 0. The molecule has 21 heavy (non-hydrogen) atoms. The molecule has 2 rings (SSSR count). The Hall–Kier alpha value is -1.95. The molecule has 0 fully saturated rings. The number of hydrogen-bond donors (Lipinski definition) is 2. The summed E-state index contributed by atoms with van der Waals surface area (Å²) in [5.74, 6) is 2.39. The lowest BCUT2D eigenvalue weighted by Gasteiger charge is -2.14. The molecule has 2 N–H and O–H groups in total. The highest BCUT2D eigenvalue weighted by atomic mass is 16.7. The molecule has 0 unspecified atom stereocenters. The molecule has 0 aromatic heterocycles. The third-order valence-electron chi connectivity index (χ3n) is 3.06. The lowest BCUT2D eigenvalue weighted by Crippen LogP contribution is -2.25. The van der Waals surface area contributed by atoms with E-state index < -0.39 is 0 Å². The Morgan fingerprint density at radius 3 is 2.71 bits per heavy atom. The molecule has 116 valence electrons. The van der Waals surface area contributed by atoms with Gasteiger partial charge >= 0.3 is 0 Å². The van der Waals surface area contributed by atoms with Crippen LogP contribution in [0.3, 0.4) is 0 Å². The van der Waals surface area contributed by atoms with Gasteiger partial charge in [0.15, 0.2) is 18.1 Å². The quantitative estimate of drug-likeness (QED) is 0.793. The second-order valence-electron chi connectivity index (χ2n) is 5.30. The number of rotatable bonds is 7. The minimum absolute atomic E-state index is 0.0205. The second kappa shape index (κ2) is 7.17. The number of carbonyl (C=O) groups is 1. The molecule has 1 aromatic rings. The zero-order valence-corrected chi connectivity index (χ0v) is 12.7. The van der Waals surface area contributed by atoms with Crippen molar-refractivity contribution in [3.63, 3.8) is 0 Å². The molecule has 1 amide bonds. The first-order chi connectivity index (χ1) is 10.1. The van der Waals surface area contributed by atoms with Crippen LogP contribution in [0.1, 0.15) is 19.4 Å². The Bertz CT molecular complexity index is 503. The van der Waals surface area contributed by atoms with Crippen LogP contribution < -0.4 is 24.8 Å². The van der Waals surface area contributed by atoms with Crippen LogP contribution in [-0.4, -0.2) is 32.9 Å². The zero-order valence-electron chi connectivity index (χ0n) is 12.7. The first-order valence-electron chi connectivity index (χ1n) is 7.06. The molecule has 1 heterocycles. The predicted octanol–water partition coefficient (Wildman–Crippen LogP) is 1.29. The maximum absolute atomic E-state index is 11.3. The van der Waals surface area contributed by atoms with Crippen LogP contribution in [-0.2, 0) is 11.3 Å². The highest BCUT2D eigenvalue weighted by Gasteiger charge is 2.18. The van der Waals surface area contributed by atoms with E-state index in [1.165, 1.54) is 0 Å². The number of likely N-dealkylation sites (N-methyl/N-ethyl adjacent to an activating group) is 1. The second-order valence-corrected chi connectivity index (χ2v) is 5.30. The van der Waals surface area contributed by atoms with Crippen LogP contribution in [0, 0.1) is 5.92 Å². The standard InChI is InChI=1S/C15H22N2O4/c1-10(2)6-17-7-11-4-13-14(21-9-20-13)5-12(11)19-8-15(18)16-3/h4-5,10,17H,6-9H2,1-3H3,(H,16,18). The van der Waals surface area contributed by atoms with Gasteiger partial charge in [-0.3, -0.25) is 4.79 Å². The van der Waals surface area contributed by atoms with E-state index in [1.807, 2.05) is 6.07 Å². The predicted molar refractivity (Wildman–Crippen MR) is 78.7 cm³/mol. The minimum atomic E-state index is -0.172. The van der Waals surface area contributed by atoms with Crippen molar-refractivity contribution in [2.24, 2.45) is 5.92 Å². The van der Waals surface area contributed by atoms with E-state index in [0.29, 0.717) is 29.7 Å². The van der Waals surface area contributed by atoms with Crippen LogP contribution in [0.2, 0.25) is 0 Å². The average molecular weight is 294 g/mol. The van der Waals surface area contributed by atoms with Gasteiger partial charge < -0.3 is 24.8 Å². The minimum Gasteiger partial charge on any atom is -0.483 e. The van der Waals surface area contributed by atoms with Crippen molar-refractivity contribution >= 4 is 5.91 Å². The van der Waals surface area contributed by atoms with Gasteiger partial charge in [0.05, 0.1) is 0 Å². The first kappa shape index (κ1) is 15.4. The zero-order chi connectivity index (χ0) is 15.2. The van der Waals surface area contributed by atoms with Gasteiger partial charge in [0.2, 0.25) is 6.79 Å². The van der Waals surface area contributed by atoms with E-state index in [4.69, 9.17) is 14.2 Å². The Balaban J connectivity index is 2.09. The number of ether oxygens (including phenoxy) is 3. The number of fused-ring (bicyclic) bond motifs is 1. The molecule has 0 aliphatic carbocycles. The van der Waals surface area contributed by atoms with Crippen molar-refractivity contribution in [2.75, 3.05) is 27.0 Å². The SMILES string of the molecule is CNC(=O)COc1cc2c(cc1CNCC(C)C)OCO2. The summed E-state index contributed by atoms with van der Waals surface area (Å²) < 4.78 is 16.3. The maximum atomic E-state index is 11.3. The van der Waals surface area contributed by atoms with E-state index in [9.17, 15) is 4.79 Å². The van der Waals surface area contributed by atoms with Gasteiger partial charge in [-0.15, -0.1) is 0 Å². The molecule has 1 aliphatic heterocycles. The van der Waals surface area contributed by atoms with E-state index in [2.05, 4.69) is 24.5 Å². The Labute approximate surface area is 124 Å². The molecule has 1 aromatic carbocycles. The fourth-order valence-corrected chi connectivity index (χ4v) is 1.95. The van der Waals surface area contributed by atoms with Crippen molar-refractivity contribution < 1.29 is 19.0 Å². The van der Waals surface area contributed by atoms with Gasteiger partial charge in [-0.1, -0.05) is 13.8 Å². The number of amides is 1. The van der Waals surface area contributed by atoms with Crippen LogP contribution in [0.15, 0.2) is 12.1 Å². The van der Waals surface area contributed by atoms with Crippen LogP contribution in [0.5, 0.6) is 17.2 Å². The lowest BCUT2D eigenvalue weighted by atomic mass is 10.1. The molecule has 6 nitrogen and oxygen atoms in total. The molecule has 0 spiro atoms. The highest BCUT2D eigenvalue weighted by molar-refractivity contribution is 5.77. The topological polar surface area (TPSA) is 68.8 Å². The van der Waals surface area contributed by atoms with E-state index >= 15 is 0 Å². The molecule has 0 saturated carbocycles. The Morgan fingerprint density at radius 2 is 2.05 bits per heavy atom. The number of carbonyl (C=O) groups excluding carboxylic acids is 1. The van der Waals surface area contributed by atoms with Crippen molar-refractivity contribution in [1.29, 1.82) is 0 Å². The molecule has 0 atom stereocenters. The number of hydrogen-bond acceptors (Lipinski definition) is 5. The normalized spacial score (nSPS) is 12.6. The van der Waals surface area contributed by atoms with Crippen LogP contribution in [0.4, 0.5) is 0 Å². The fraction of sp³-hybridized carbons (Fsp3) is 0.533. The van der Waals surface area contributed by atoms with E-state index in [1.54, 1.807) is 13.1 Å². The molecule has 1 aliphatic rings. The first-order valence-corrected chi connectivity index (χ1v) is 7.06. The maximum Gasteiger partial charge on any atom is 0.257 e. The molecular weight excluding hydrogens is 272 g/mol. The summed E-state index contributed by atoms with van der Waals surface area (Å²) in [6.07, 6.45) is 0. The summed E-state index contributed by atoms with van der Waals surface area (Å²) in [4.78, 5) is 11.3. The highest BCUT2D eigenvalue weighted by Crippen LogP contribution is 2.38. The molecule has 0 bridgehead atoms. The largest absolute Gasteiger partial charge is 0.483 e. The lowest BCUT2D eigenvalue weighted by molar-refractivity contribution is -0.122. The summed E-state index contributed by atoms with van der Waals surface area (Å²) in [7, 11) is 1.58. The van der Waals surface area contributed by atoms with Crippen molar-refractivity contribution in [3.05, 3.63) is 17.7 Å². The van der Waals surface area contributed by atoms with Crippen molar-refractivity contribution in [1.82, 2.24) is 10.6 Å². The van der Waals surface area contributed by atoms with Crippen LogP contribution >= 0.6 is 0 Å². The fourth-order valence-electron chi connectivity index (χ4n) is 1.95. The third kappa shape index (κ3) is 4.26. The summed E-state index contributed by atoms with van der Waals surface area (Å²) in [6, 6.07) is 3.67. The molecule has 0 radical (unpaired) electrons. The van der Waals surface area contributed by atoms with E-state index in [0.717, 1.165) is 12.1 Å². The van der Waals surface area contributed by atoms with Gasteiger partial charge in [0, 0.05) is 25.2 Å². The van der Waals surface area contributed by atoms with Gasteiger partial charge in [0.25, 0.3) is 5.91 Å². The van der Waals surface area contributed by atoms with Gasteiger partial charge in [-0.25, -0.2) is 0 Å². The van der Waals surface area contributed by atoms with Gasteiger partial charge in [0.1, 0.15) is 5.75 Å². The molecular formula is C15H22N2O4. The van der Waals surface area contributed by atoms with Crippen molar-refractivity contribution in [2.45, 2.75) is 20.4 Å². The molecule has 6 heteroatoms. The number of nitrogens with one attached hydrogen (secondary N) is 2. The van der Waals surface area contributed by atoms with Crippen molar-refractivity contribution in [3.8, 4) is 17.2 Å². The monoisotopic (exact) mass is 294 g/mol. The smallest absolute Gasteiger partial charge is 0.257 e.